The van der Waals surface area contributed by atoms with Crippen LogP contribution in [0.25, 0.3) is 0 Å². The van der Waals surface area contributed by atoms with Gasteiger partial charge in [-0.05, 0) is 51.3 Å². The molecule has 1 aliphatic heterocycles. The molecule has 1 unspecified atom stereocenters. The Morgan fingerprint density at radius 2 is 2.00 bits per heavy atom. The van der Waals surface area contributed by atoms with Gasteiger partial charge in [0.25, 0.3) is 0 Å². The van der Waals surface area contributed by atoms with E-state index in [0.717, 1.165) is 31.5 Å². The standard InChI is InChI=1S/C18H28N2O/c1-13-7-9-15(10-8-13)14(2)20-17(21)18(3,4)16-6-5-11-19-12-16/h7-10,14,16,19H,5-6,11-12H2,1-4H3,(H,20,21)/t14-,16?/m0/s1. The third-order valence-corrected chi connectivity index (χ3v) is 4.83. The van der Waals surface area contributed by atoms with Crippen LogP contribution in [-0.2, 0) is 4.79 Å². The van der Waals surface area contributed by atoms with E-state index in [9.17, 15) is 4.79 Å². The third kappa shape index (κ3) is 3.85. The van der Waals surface area contributed by atoms with Gasteiger partial charge in [0, 0.05) is 5.41 Å². The van der Waals surface area contributed by atoms with E-state index in [1.54, 1.807) is 0 Å². The van der Waals surface area contributed by atoms with E-state index in [4.69, 9.17) is 0 Å². The zero-order valence-electron chi connectivity index (χ0n) is 13.7. The van der Waals surface area contributed by atoms with E-state index in [-0.39, 0.29) is 17.4 Å². The summed E-state index contributed by atoms with van der Waals surface area (Å²) in [7, 11) is 0. The van der Waals surface area contributed by atoms with Crippen LogP contribution in [0.1, 0.15) is 50.8 Å². The average molecular weight is 288 g/mol. The van der Waals surface area contributed by atoms with Gasteiger partial charge in [0.1, 0.15) is 0 Å². The SMILES string of the molecule is Cc1ccc([C@H](C)NC(=O)C(C)(C)C2CCCNC2)cc1. The molecule has 1 amide bonds. The van der Waals surface area contributed by atoms with E-state index in [1.165, 1.54) is 5.56 Å². The Balaban J connectivity index is 2.00. The monoisotopic (exact) mass is 288 g/mol. The highest BCUT2D eigenvalue weighted by Crippen LogP contribution is 2.32. The quantitative estimate of drug-likeness (QED) is 0.893. The fraction of sp³-hybridized carbons (Fsp3) is 0.611. The molecule has 21 heavy (non-hydrogen) atoms. The Labute approximate surface area is 128 Å². The molecule has 3 nitrogen and oxygen atoms in total. The van der Waals surface area contributed by atoms with Crippen molar-refractivity contribution in [1.29, 1.82) is 0 Å². The number of carbonyl (C=O) groups excluding carboxylic acids is 1. The molecule has 1 saturated heterocycles. The second-order valence-electron chi connectivity index (χ2n) is 6.87. The predicted octanol–water partition coefficient (Wildman–Crippen LogP) is 3.20. The molecule has 1 aromatic carbocycles. The Hall–Kier alpha value is -1.35. The van der Waals surface area contributed by atoms with Gasteiger partial charge in [-0.15, -0.1) is 0 Å². The summed E-state index contributed by atoms with van der Waals surface area (Å²) >= 11 is 0. The van der Waals surface area contributed by atoms with Crippen LogP contribution < -0.4 is 10.6 Å². The van der Waals surface area contributed by atoms with E-state index in [0.29, 0.717) is 5.92 Å². The Morgan fingerprint density at radius 3 is 2.57 bits per heavy atom. The fourth-order valence-electron chi connectivity index (χ4n) is 2.97. The summed E-state index contributed by atoms with van der Waals surface area (Å²) in [5.41, 5.74) is 2.07. The average Bonchev–Trinajstić information content (AvgIpc) is 2.48. The molecule has 0 aliphatic carbocycles. The maximum Gasteiger partial charge on any atom is 0.226 e. The van der Waals surface area contributed by atoms with Crippen molar-refractivity contribution in [2.24, 2.45) is 11.3 Å². The first-order valence-electron chi connectivity index (χ1n) is 7.99. The summed E-state index contributed by atoms with van der Waals surface area (Å²) in [6, 6.07) is 8.42. The van der Waals surface area contributed by atoms with Gasteiger partial charge in [-0.25, -0.2) is 0 Å². The van der Waals surface area contributed by atoms with Crippen molar-refractivity contribution >= 4 is 5.91 Å². The number of amides is 1. The molecule has 0 radical (unpaired) electrons. The molecule has 3 heteroatoms. The molecule has 0 spiro atoms. The smallest absolute Gasteiger partial charge is 0.226 e. The summed E-state index contributed by atoms with van der Waals surface area (Å²) in [6.45, 7) is 10.3. The van der Waals surface area contributed by atoms with E-state index in [1.807, 2.05) is 0 Å². The number of nitrogens with one attached hydrogen (secondary N) is 2. The van der Waals surface area contributed by atoms with Gasteiger partial charge in [-0.2, -0.15) is 0 Å². The number of hydrogen-bond acceptors (Lipinski definition) is 2. The third-order valence-electron chi connectivity index (χ3n) is 4.83. The van der Waals surface area contributed by atoms with Gasteiger partial charge in [0.05, 0.1) is 6.04 Å². The zero-order valence-corrected chi connectivity index (χ0v) is 13.7. The minimum absolute atomic E-state index is 0.0499. The maximum atomic E-state index is 12.7. The zero-order chi connectivity index (χ0) is 15.5. The summed E-state index contributed by atoms with van der Waals surface area (Å²) in [5, 5.41) is 6.59. The van der Waals surface area contributed by atoms with Crippen LogP contribution >= 0.6 is 0 Å². The van der Waals surface area contributed by atoms with Crippen LogP contribution in [0.5, 0.6) is 0 Å². The van der Waals surface area contributed by atoms with Gasteiger partial charge in [-0.3, -0.25) is 4.79 Å². The summed E-state index contributed by atoms with van der Waals surface area (Å²) in [6.07, 6.45) is 2.29. The van der Waals surface area contributed by atoms with Crippen LogP contribution in [0.2, 0.25) is 0 Å². The molecule has 1 aromatic rings. The second kappa shape index (κ2) is 6.61. The fourth-order valence-corrected chi connectivity index (χ4v) is 2.97. The van der Waals surface area contributed by atoms with Crippen molar-refractivity contribution in [2.75, 3.05) is 13.1 Å². The Morgan fingerprint density at radius 1 is 1.33 bits per heavy atom. The van der Waals surface area contributed by atoms with Crippen LogP contribution in [0.4, 0.5) is 0 Å². The Bertz CT molecular complexity index is 472. The van der Waals surface area contributed by atoms with Gasteiger partial charge in [0.15, 0.2) is 0 Å². The summed E-state index contributed by atoms with van der Waals surface area (Å²) in [4.78, 5) is 12.7. The minimum Gasteiger partial charge on any atom is -0.349 e. The molecule has 0 bridgehead atoms. The second-order valence-corrected chi connectivity index (χ2v) is 6.87. The molecule has 116 valence electrons. The van der Waals surface area contributed by atoms with E-state index < -0.39 is 0 Å². The molecule has 2 atom stereocenters. The normalized spacial score (nSPS) is 20.9. The number of aryl methyl sites for hydroxylation is 1. The molecule has 0 aromatic heterocycles. The first-order valence-corrected chi connectivity index (χ1v) is 7.99. The van der Waals surface area contributed by atoms with Gasteiger partial charge in [0.2, 0.25) is 5.91 Å². The lowest BCUT2D eigenvalue weighted by atomic mass is 9.74. The highest BCUT2D eigenvalue weighted by Gasteiger charge is 2.37. The number of rotatable bonds is 4. The molecular weight excluding hydrogens is 260 g/mol. The van der Waals surface area contributed by atoms with Crippen molar-refractivity contribution in [3.8, 4) is 0 Å². The first kappa shape index (κ1) is 16.0. The molecule has 2 N–H and O–H groups in total. The van der Waals surface area contributed by atoms with Crippen molar-refractivity contribution in [1.82, 2.24) is 10.6 Å². The van der Waals surface area contributed by atoms with Crippen molar-refractivity contribution < 1.29 is 4.79 Å². The van der Waals surface area contributed by atoms with E-state index in [2.05, 4.69) is 62.6 Å². The number of hydrogen-bond donors (Lipinski definition) is 2. The van der Waals surface area contributed by atoms with E-state index >= 15 is 0 Å². The predicted molar refractivity (Wildman–Crippen MR) is 87.1 cm³/mol. The number of carbonyl (C=O) groups is 1. The topological polar surface area (TPSA) is 41.1 Å². The minimum atomic E-state index is -0.327. The molecule has 1 fully saturated rings. The molecule has 1 heterocycles. The van der Waals surface area contributed by atoms with Crippen LogP contribution in [0.3, 0.4) is 0 Å². The van der Waals surface area contributed by atoms with Crippen molar-refractivity contribution in [2.45, 2.75) is 46.6 Å². The molecular formula is C18H28N2O. The molecule has 2 rings (SSSR count). The summed E-state index contributed by atoms with van der Waals surface area (Å²) in [5.74, 6) is 0.570. The van der Waals surface area contributed by atoms with Gasteiger partial charge in [-0.1, -0.05) is 43.7 Å². The lowest BCUT2D eigenvalue weighted by Crippen LogP contribution is -2.47. The lowest BCUT2D eigenvalue weighted by Gasteiger charge is -2.36. The molecule has 1 aliphatic rings. The van der Waals surface area contributed by atoms with Crippen molar-refractivity contribution in [3.05, 3.63) is 35.4 Å². The first-order chi connectivity index (χ1) is 9.91. The van der Waals surface area contributed by atoms with Crippen LogP contribution in [0.15, 0.2) is 24.3 Å². The maximum absolute atomic E-state index is 12.7. The Kier molecular flexibility index (Phi) is 5.04. The highest BCUT2D eigenvalue weighted by atomic mass is 16.2. The van der Waals surface area contributed by atoms with Crippen molar-refractivity contribution in [3.63, 3.8) is 0 Å². The van der Waals surface area contributed by atoms with Gasteiger partial charge >= 0.3 is 0 Å². The van der Waals surface area contributed by atoms with Crippen LogP contribution in [-0.4, -0.2) is 19.0 Å². The number of benzene rings is 1. The highest BCUT2D eigenvalue weighted by molar-refractivity contribution is 5.82. The van der Waals surface area contributed by atoms with Gasteiger partial charge < -0.3 is 10.6 Å². The lowest BCUT2D eigenvalue weighted by molar-refractivity contribution is -0.133. The van der Waals surface area contributed by atoms with Crippen LogP contribution in [0, 0.1) is 18.3 Å². The summed E-state index contributed by atoms with van der Waals surface area (Å²) < 4.78 is 0. The largest absolute Gasteiger partial charge is 0.349 e. The number of piperidine rings is 1. The molecule has 0 saturated carbocycles.